The lowest BCUT2D eigenvalue weighted by Crippen LogP contribution is -2.34. The van der Waals surface area contributed by atoms with Crippen molar-refractivity contribution in [2.24, 2.45) is 0 Å². The topological polar surface area (TPSA) is 29.1 Å². The Bertz CT molecular complexity index is 682. The van der Waals surface area contributed by atoms with E-state index in [9.17, 15) is 4.79 Å². The Morgan fingerprint density at radius 1 is 1.19 bits per heavy atom. The van der Waals surface area contributed by atoms with Gasteiger partial charge in [-0.3, -0.25) is 4.79 Å². The van der Waals surface area contributed by atoms with E-state index in [1.807, 2.05) is 48.5 Å². The van der Waals surface area contributed by atoms with Crippen LogP contribution < -0.4 is 5.32 Å². The van der Waals surface area contributed by atoms with Gasteiger partial charge < -0.3 is 5.32 Å². The first-order valence-corrected chi connectivity index (χ1v) is 8.06. The van der Waals surface area contributed by atoms with Gasteiger partial charge in [0.25, 0.3) is 0 Å². The Balaban J connectivity index is 1.71. The molecule has 2 nitrogen and oxygen atoms in total. The van der Waals surface area contributed by atoms with Gasteiger partial charge in [0.05, 0.1) is 5.41 Å². The number of halogens is 2. The van der Waals surface area contributed by atoms with Crippen LogP contribution in [0.15, 0.2) is 53.0 Å². The van der Waals surface area contributed by atoms with E-state index in [-0.39, 0.29) is 11.3 Å². The van der Waals surface area contributed by atoms with Gasteiger partial charge in [-0.25, -0.2) is 0 Å². The zero-order valence-electron chi connectivity index (χ0n) is 11.4. The van der Waals surface area contributed by atoms with Gasteiger partial charge in [0, 0.05) is 16.0 Å². The average Bonchev–Trinajstić information content (AvgIpc) is 3.26. The van der Waals surface area contributed by atoms with Crippen LogP contribution in [0.3, 0.4) is 0 Å². The monoisotopic (exact) mass is 363 g/mol. The van der Waals surface area contributed by atoms with Crippen LogP contribution in [0.2, 0.25) is 5.02 Å². The molecule has 1 saturated carbocycles. The minimum atomic E-state index is -0.378. The second-order valence-corrected chi connectivity index (χ2v) is 6.76. The minimum Gasteiger partial charge on any atom is -0.351 e. The number of nitrogens with one attached hydrogen (secondary N) is 1. The number of hydrogen-bond donors (Lipinski definition) is 1. The largest absolute Gasteiger partial charge is 0.351 e. The molecule has 0 saturated heterocycles. The van der Waals surface area contributed by atoms with Crippen molar-refractivity contribution < 1.29 is 4.79 Å². The highest BCUT2D eigenvalue weighted by Crippen LogP contribution is 2.48. The maximum atomic E-state index is 12.5. The zero-order valence-corrected chi connectivity index (χ0v) is 13.7. The van der Waals surface area contributed by atoms with Crippen molar-refractivity contribution in [1.82, 2.24) is 5.32 Å². The maximum absolute atomic E-state index is 12.5. The van der Waals surface area contributed by atoms with Crippen molar-refractivity contribution >= 4 is 33.4 Å². The average molecular weight is 365 g/mol. The molecule has 2 aromatic carbocycles. The summed E-state index contributed by atoms with van der Waals surface area (Å²) in [4.78, 5) is 12.5. The normalized spacial score (nSPS) is 15.5. The van der Waals surface area contributed by atoms with Crippen molar-refractivity contribution in [1.29, 1.82) is 0 Å². The van der Waals surface area contributed by atoms with Gasteiger partial charge in [-0.05, 0) is 48.2 Å². The first-order valence-electron chi connectivity index (χ1n) is 6.89. The summed E-state index contributed by atoms with van der Waals surface area (Å²) in [5.74, 6) is 0.0877. The molecule has 0 aromatic heterocycles. The molecule has 1 aliphatic carbocycles. The van der Waals surface area contributed by atoms with E-state index in [0.29, 0.717) is 11.6 Å². The fraction of sp³-hybridized carbons (Fsp3) is 0.235. The summed E-state index contributed by atoms with van der Waals surface area (Å²) in [5.41, 5.74) is 1.72. The van der Waals surface area contributed by atoms with Gasteiger partial charge in [-0.2, -0.15) is 0 Å². The van der Waals surface area contributed by atoms with Gasteiger partial charge in [0.1, 0.15) is 0 Å². The fourth-order valence-corrected chi connectivity index (χ4v) is 3.19. The molecule has 3 rings (SSSR count). The third-order valence-corrected chi connectivity index (χ3v) is 4.63. The summed E-state index contributed by atoms with van der Waals surface area (Å²) >= 11 is 9.48. The van der Waals surface area contributed by atoms with Gasteiger partial charge >= 0.3 is 0 Å². The van der Waals surface area contributed by atoms with E-state index < -0.39 is 0 Å². The molecule has 1 aliphatic rings. The maximum Gasteiger partial charge on any atom is 0.230 e. The molecule has 0 heterocycles. The molecule has 4 heteroatoms. The Morgan fingerprint density at radius 3 is 2.62 bits per heavy atom. The predicted octanol–water partition coefficient (Wildman–Crippen LogP) is 4.45. The Labute approximate surface area is 137 Å². The molecule has 1 amide bonds. The number of carbonyl (C=O) groups is 1. The van der Waals surface area contributed by atoms with E-state index in [0.717, 1.165) is 28.4 Å². The molecule has 0 spiro atoms. The number of benzene rings is 2. The smallest absolute Gasteiger partial charge is 0.230 e. The van der Waals surface area contributed by atoms with E-state index in [4.69, 9.17) is 11.6 Å². The van der Waals surface area contributed by atoms with Crippen LogP contribution in [-0.4, -0.2) is 5.91 Å². The number of rotatable bonds is 4. The van der Waals surface area contributed by atoms with Gasteiger partial charge in [0.15, 0.2) is 0 Å². The molecule has 2 aromatic rings. The van der Waals surface area contributed by atoms with Crippen LogP contribution >= 0.6 is 27.5 Å². The van der Waals surface area contributed by atoms with E-state index in [2.05, 4.69) is 21.2 Å². The van der Waals surface area contributed by atoms with Crippen molar-refractivity contribution in [2.45, 2.75) is 24.8 Å². The van der Waals surface area contributed by atoms with Crippen LogP contribution in [0.25, 0.3) is 0 Å². The van der Waals surface area contributed by atoms with Crippen LogP contribution in [0, 0.1) is 0 Å². The number of amides is 1. The Hall–Kier alpha value is -1.32. The summed E-state index contributed by atoms with van der Waals surface area (Å²) in [5, 5.41) is 3.72. The number of carbonyl (C=O) groups excluding carboxylic acids is 1. The quantitative estimate of drug-likeness (QED) is 0.853. The van der Waals surface area contributed by atoms with Crippen molar-refractivity contribution in [2.75, 3.05) is 0 Å². The summed E-state index contributed by atoms with van der Waals surface area (Å²) in [7, 11) is 0. The van der Waals surface area contributed by atoms with Crippen molar-refractivity contribution in [3.05, 3.63) is 69.2 Å². The van der Waals surface area contributed by atoms with E-state index in [1.165, 1.54) is 0 Å². The SMILES string of the molecule is O=C(NCc1cccc(Br)c1)C1(c2cccc(Cl)c2)CC1. The van der Waals surface area contributed by atoms with E-state index in [1.54, 1.807) is 0 Å². The zero-order chi connectivity index (χ0) is 14.9. The second kappa shape index (κ2) is 5.82. The molecular weight excluding hydrogens is 350 g/mol. The second-order valence-electron chi connectivity index (χ2n) is 5.41. The lowest BCUT2D eigenvalue weighted by Gasteiger charge is -2.16. The highest BCUT2D eigenvalue weighted by Gasteiger charge is 2.51. The van der Waals surface area contributed by atoms with Crippen LogP contribution in [0.5, 0.6) is 0 Å². The molecule has 0 atom stereocenters. The highest BCUT2D eigenvalue weighted by atomic mass is 79.9. The molecule has 0 unspecified atom stereocenters. The van der Waals surface area contributed by atoms with Crippen LogP contribution in [0.1, 0.15) is 24.0 Å². The first kappa shape index (κ1) is 14.6. The first-order chi connectivity index (χ1) is 10.1. The van der Waals surface area contributed by atoms with Crippen molar-refractivity contribution in [3.63, 3.8) is 0 Å². The number of hydrogen-bond acceptors (Lipinski definition) is 1. The lowest BCUT2D eigenvalue weighted by atomic mass is 9.95. The summed E-state index contributed by atoms with van der Waals surface area (Å²) in [6.07, 6.45) is 1.77. The molecular formula is C17H15BrClNO. The fourth-order valence-electron chi connectivity index (χ4n) is 2.56. The minimum absolute atomic E-state index is 0.0877. The standard InChI is InChI=1S/C17H15BrClNO/c18-14-5-1-3-12(9-14)11-20-16(21)17(7-8-17)13-4-2-6-15(19)10-13/h1-6,9-10H,7-8,11H2,(H,20,21). The molecule has 0 radical (unpaired) electrons. The van der Waals surface area contributed by atoms with Crippen LogP contribution in [-0.2, 0) is 16.8 Å². The molecule has 1 fully saturated rings. The van der Waals surface area contributed by atoms with Gasteiger partial charge in [0.2, 0.25) is 5.91 Å². The van der Waals surface area contributed by atoms with E-state index >= 15 is 0 Å². The highest BCUT2D eigenvalue weighted by molar-refractivity contribution is 9.10. The summed E-state index contributed by atoms with van der Waals surface area (Å²) < 4.78 is 1.02. The molecule has 1 N–H and O–H groups in total. The lowest BCUT2D eigenvalue weighted by molar-refractivity contribution is -0.123. The van der Waals surface area contributed by atoms with Crippen LogP contribution in [0.4, 0.5) is 0 Å². The predicted molar refractivity (Wildman–Crippen MR) is 88.4 cm³/mol. The van der Waals surface area contributed by atoms with Gasteiger partial charge in [-0.15, -0.1) is 0 Å². The third kappa shape index (κ3) is 3.14. The molecule has 108 valence electrons. The molecule has 0 bridgehead atoms. The third-order valence-electron chi connectivity index (χ3n) is 3.90. The van der Waals surface area contributed by atoms with Crippen molar-refractivity contribution in [3.8, 4) is 0 Å². The van der Waals surface area contributed by atoms with Gasteiger partial charge in [-0.1, -0.05) is 51.8 Å². The Kier molecular flexibility index (Phi) is 4.05. The summed E-state index contributed by atoms with van der Waals surface area (Å²) in [6, 6.07) is 15.6. The Morgan fingerprint density at radius 2 is 1.95 bits per heavy atom. The summed E-state index contributed by atoms with van der Waals surface area (Å²) in [6.45, 7) is 0.542. The molecule has 21 heavy (non-hydrogen) atoms. The molecule has 0 aliphatic heterocycles.